The Bertz CT molecular complexity index is 893. The average molecular weight is 368 g/mol. The molecule has 0 aliphatic rings. The van der Waals surface area contributed by atoms with Crippen molar-refractivity contribution in [2.24, 2.45) is 0 Å². The summed E-state index contributed by atoms with van der Waals surface area (Å²) >= 11 is 0. The number of fused-ring (bicyclic) bond motifs is 1. The van der Waals surface area contributed by atoms with Gasteiger partial charge in [0.05, 0.1) is 26.2 Å². The number of rotatable bonds is 3. The van der Waals surface area contributed by atoms with Crippen molar-refractivity contribution in [1.82, 2.24) is 0 Å². The van der Waals surface area contributed by atoms with Gasteiger partial charge in [-0.1, -0.05) is 0 Å². The van der Waals surface area contributed by atoms with E-state index in [0.717, 1.165) is 18.2 Å². The highest BCUT2D eigenvalue weighted by atomic mass is 32.2. The zero-order valence-corrected chi connectivity index (χ0v) is 12.3. The van der Waals surface area contributed by atoms with E-state index in [2.05, 4.69) is 0 Å². The van der Waals surface area contributed by atoms with E-state index in [0.29, 0.717) is 6.07 Å². The maximum atomic E-state index is 11.0. The molecule has 0 amide bonds. The summed E-state index contributed by atoms with van der Waals surface area (Å²) in [6, 6.07) is 3.15. The van der Waals surface area contributed by atoms with Gasteiger partial charge in [0.15, 0.2) is 0 Å². The van der Waals surface area contributed by atoms with Gasteiger partial charge >= 0.3 is 5.69 Å². The van der Waals surface area contributed by atoms with Crippen LogP contribution in [0.3, 0.4) is 0 Å². The van der Waals surface area contributed by atoms with Gasteiger partial charge in [0, 0.05) is 5.39 Å². The molecule has 0 aliphatic carbocycles. The SMILES string of the molecule is O.O.O.O=[N+]([O-])c1cc([N+](=O)[O-])c2ccc(S(=O)(=O)O)cc2c1O. The molecule has 0 heterocycles. The molecule has 0 atom stereocenters. The maximum absolute atomic E-state index is 11.0. The second-order valence-corrected chi connectivity index (χ2v) is 5.38. The molecular formula is C10H12N2O11S. The average Bonchev–Trinajstić information content (AvgIpc) is 2.36. The maximum Gasteiger partial charge on any atom is 0.318 e. The lowest BCUT2D eigenvalue weighted by molar-refractivity contribution is -0.393. The van der Waals surface area contributed by atoms with Gasteiger partial charge < -0.3 is 21.5 Å². The molecule has 0 fully saturated rings. The summed E-state index contributed by atoms with van der Waals surface area (Å²) in [6.45, 7) is 0. The number of hydrogen-bond acceptors (Lipinski definition) is 7. The van der Waals surface area contributed by atoms with Crippen LogP contribution < -0.4 is 0 Å². The first kappa shape index (κ1) is 23.4. The number of phenols is 1. The highest BCUT2D eigenvalue weighted by Crippen LogP contribution is 2.40. The molecule has 2 rings (SSSR count). The standard InChI is InChI=1S/C10H6N2O8S.3H2O/c13-10-7-3-5(21(18,19)20)1-2-6(7)8(11(14)15)4-9(10)12(16)17;;;/h1-4,13H,(H,18,19,20);3*1H2. The van der Waals surface area contributed by atoms with Gasteiger partial charge in [0.1, 0.15) is 0 Å². The molecule has 8 N–H and O–H groups in total. The number of phenolic OH excluding ortho intramolecular Hbond substituents is 1. The van der Waals surface area contributed by atoms with E-state index in [1.54, 1.807) is 0 Å². The highest BCUT2D eigenvalue weighted by molar-refractivity contribution is 7.85. The first-order chi connectivity index (χ1) is 9.62. The monoisotopic (exact) mass is 368 g/mol. The van der Waals surface area contributed by atoms with Gasteiger partial charge in [-0.3, -0.25) is 24.8 Å². The zero-order chi connectivity index (χ0) is 15.9. The topological polar surface area (TPSA) is 255 Å². The van der Waals surface area contributed by atoms with E-state index in [1.807, 2.05) is 0 Å². The van der Waals surface area contributed by atoms with Gasteiger partial charge in [0.2, 0.25) is 5.75 Å². The zero-order valence-electron chi connectivity index (χ0n) is 11.5. The van der Waals surface area contributed by atoms with E-state index in [-0.39, 0.29) is 21.8 Å². The number of hydrogen-bond donors (Lipinski definition) is 2. The molecule has 0 saturated heterocycles. The van der Waals surface area contributed by atoms with Crippen LogP contribution in [0.2, 0.25) is 0 Å². The molecule has 134 valence electrons. The van der Waals surface area contributed by atoms with Crippen molar-refractivity contribution >= 4 is 32.3 Å². The first-order valence-electron chi connectivity index (χ1n) is 5.19. The fraction of sp³-hybridized carbons (Fsp3) is 0. The molecule has 2 aromatic rings. The Morgan fingerprint density at radius 3 is 1.79 bits per heavy atom. The predicted octanol–water partition coefficient (Wildman–Crippen LogP) is -0.866. The fourth-order valence-corrected chi connectivity index (χ4v) is 2.31. The van der Waals surface area contributed by atoms with Crippen molar-refractivity contribution in [2.45, 2.75) is 4.90 Å². The molecule has 0 aromatic heterocycles. The minimum Gasteiger partial charge on any atom is -0.502 e. The lowest BCUT2D eigenvalue weighted by Crippen LogP contribution is -1.99. The normalized spacial score (nSPS) is 10.0. The van der Waals surface area contributed by atoms with Crippen LogP contribution in [0.15, 0.2) is 29.2 Å². The Morgan fingerprint density at radius 1 is 0.875 bits per heavy atom. The molecule has 0 spiro atoms. The van der Waals surface area contributed by atoms with Crippen molar-refractivity contribution in [3.05, 3.63) is 44.5 Å². The lowest BCUT2D eigenvalue weighted by Gasteiger charge is -2.05. The Kier molecular flexibility index (Phi) is 7.37. The van der Waals surface area contributed by atoms with Crippen molar-refractivity contribution in [3.8, 4) is 5.75 Å². The third-order valence-electron chi connectivity index (χ3n) is 2.73. The van der Waals surface area contributed by atoms with E-state index >= 15 is 0 Å². The minimum atomic E-state index is -4.63. The van der Waals surface area contributed by atoms with E-state index in [9.17, 15) is 33.8 Å². The lowest BCUT2D eigenvalue weighted by atomic mass is 10.1. The molecule has 0 radical (unpaired) electrons. The van der Waals surface area contributed by atoms with Crippen LogP contribution >= 0.6 is 0 Å². The Labute approximate surface area is 132 Å². The van der Waals surface area contributed by atoms with Crippen LogP contribution in [-0.4, -0.2) is 44.4 Å². The third kappa shape index (κ3) is 3.89. The number of nitrogens with zero attached hydrogens (tertiary/aromatic N) is 2. The predicted molar refractivity (Wildman–Crippen MR) is 79.6 cm³/mol. The molecule has 0 aliphatic heterocycles. The van der Waals surface area contributed by atoms with Crippen LogP contribution in [-0.2, 0) is 10.1 Å². The molecule has 0 saturated carbocycles. The van der Waals surface area contributed by atoms with Crippen LogP contribution in [0, 0.1) is 20.2 Å². The largest absolute Gasteiger partial charge is 0.502 e. The number of nitro benzene ring substituents is 2. The summed E-state index contributed by atoms with van der Waals surface area (Å²) < 4.78 is 31.0. The number of nitro groups is 2. The first-order valence-corrected chi connectivity index (χ1v) is 6.63. The van der Waals surface area contributed by atoms with Gasteiger partial charge in [-0.15, -0.1) is 0 Å². The van der Waals surface area contributed by atoms with Crippen molar-refractivity contribution in [2.75, 3.05) is 0 Å². The van der Waals surface area contributed by atoms with Crippen LogP contribution in [0.25, 0.3) is 10.8 Å². The molecule has 0 unspecified atom stereocenters. The quantitative estimate of drug-likeness (QED) is 0.390. The third-order valence-corrected chi connectivity index (χ3v) is 3.58. The van der Waals surface area contributed by atoms with E-state index in [4.69, 9.17) is 4.55 Å². The van der Waals surface area contributed by atoms with Crippen molar-refractivity contribution in [3.63, 3.8) is 0 Å². The Balaban J connectivity index is 0. The fourth-order valence-electron chi connectivity index (χ4n) is 1.81. The number of benzene rings is 2. The van der Waals surface area contributed by atoms with Crippen LogP contribution in [0.4, 0.5) is 11.4 Å². The molecular weight excluding hydrogens is 356 g/mol. The summed E-state index contributed by atoms with van der Waals surface area (Å²) in [4.78, 5) is 19.1. The number of non-ortho nitro benzene ring substituents is 1. The summed E-state index contributed by atoms with van der Waals surface area (Å²) in [5, 5.41) is 30.8. The molecule has 24 heavy (non-hydrogen) atoms. The molecule has 2 aromatic carbocycles. The summed E-state index contributed by atoms with van der Waals surface area (Å²) in [6.07, 6.45) is 0. The van der Waals surface area contributed by atoms with Gasteiger partial charge in [-0.25, -0.2) is 0 Å². The summed E-state index contributed by atoms with van der Waals surface area (Å²) in [5.74, 6) is -0.925. The van der Waals surface area contributed by atoms with E-state index in [1.165, 1.54) is 0 Å². The van der Waals surface area contributed by atoms with Gasteiger partial charge in [-0.2, -0.15) is 8.42 Å². The van der Waals surface area contributed by atoms with E-state index < -0.39 is 47.4 Å². The summed E-state index contributed by atoms with van der Waals surface area (Å²) in [5.41, 5.74) is -1.61. The Hall–Kier alpha value is -2.91. The molecule has 13 nitrogen and oxygen atoms in total. The molecule has 0 bridgehead atoms. The van der Waals surface area contributed by atoms with Crippen molar-refractivity contribution in [1.29, 1.82) is 0 Å². The van der Waals surface area contributed by atoms with Gasteiger partial charge in [0.25, 0.3) is 15.8 Å². The van der Waals surface area contributed by atoms with Gasteiger partial charge in [-0.05, 0) is 18.2 Å². The minimum absolute atomic E-state index is 0. The smallest absolute Gasteiger partial charge is 0.318 e. The highest BCUT2D eigenvalue weighted by Gasteiger charge is 2.26. The molecule has 14 heteroatoms. The second kappa shape index (κ2) is 7.57. The second-order valence-electron chi connectivity index (χ2n) is 3.96. The number of aromatic hydroxyl groups is 1. The van der Waals surface area contributed by atoms with Crippen LogP contribution in [0.5, 0.6) is 5.75 Å². The van der Waals surface area contributed by atoms with Crippen LogP contribution in [0.1, 0.15) is 0 Å². The Morgan fingerprint density at radius 2 is 1.38 bits per heavy atom. The summed E-state index contributed by atoms with van der Waals surface area (Å²) in [7, 11) is -4.63. The van der Waals surface area contributed by atoms with Crippen molar-refractivity contribution < 1.29 is 44.4 Å².